The van der Waals surface area contributed by atoms with Crippen LogP contribution in [0.15, 0.2) is 30.3 Å². The first-order valence-electron chi connectivity index (χ1n) is 4.80. The summed E-state index contributed by atoms with van der Waals surface area (Å²) >= 11 is 6.07. The van der Waals surface area contributed by atoms with Gasteiger partial charge in [-0.2, -0.15) is 0 Å². The van der Waals surface area contributed by atoms with Gasteiger partial charge in [0, 0.05) is 22.8 Å². The zero-order chi connectivity index (χ0) is 11.0. The SMILES string of the molecule is Cc1cc(Cl)c(C)n1-c1ccc(N)cc1. The molecule has 2 rings (SSSR count). The molecule has 2 N–H and O–H groups in total. The molecule has 0 unspecified atom stereocenters. The van der Waals surface area contributed by atoms with E-state index < -0.39 is 0 Å². The van der Waals surface area contributed by atoms with Gasteiger partial charge in [0.05, 0.1) is 5.02 Å². The molecule has 15 heavy (non-hydrogen) atoms. The van der Waals surface area contributed by atoms with Crippen LogP contribution in [0.2, 0.25) is 5.02 Å². The van der Waals surface area contributed by atoms with Crippen LogP contribution in [0.3, 0.4) is 0 Å². The molecule has 0 radical (unpaired) electrons. The number of rotatable bonds is 1. The average Bonchev–Trinajstić information content (AvgIpc) is 2.44. The summed E-state index contributed by atoms with van der Waals surface area (Å²) in [4.78, 5) is 0. The van der Waals surface area contributed by atoms with E-state index in [0.717, 1.165) is 27.8 Å². The number of nitrogen functional groups attached to an aromatic ring is 1. The van der Waals surface area contributed by atoms with Crippen LogP contribution in [0, 0.1) is 13.8 Å². The van der Waals surface area contributed by atoms with Gasteiger partial charge in [-0.1, -0.05) is 11.6 Å². The zero-order valence-electron chi connectivity index (χ0n) is 8.79. The lowest BCUT2D eigenvalue weighted by Crippen LogP contribution is -1.98. The number of nitrogens with two attached hydrogens (primary N) is 1. The summed E-state index contributed by atoms with van der Waals surface area (Å²) in [5, 5.41) is 0.796. The predicted molar refractivity (Wildman–Crippen MR) is 64.7 cm³/mol. The lowest BCUT2D eigenvalue weighted by molar-refractivity contribution is 0.966. The molecular formula is C12H13ClN2. The Bertz CT molecular complexity index is 483. The van der Waals surface area contributed by atoms with Gasteiger partial charge in [0.1, 0.15) is 0 Å². The first-order valence-corrected chi connectivity index (χ1v) is 5.18. The molecule has 1 heterocycles. The summed E-state index contributed by atoms with van der Waals surface area (Å²) in [6, 6.07) is 9.73. The summed E-state index contributed by atoms with van der Waals surface area (Å²) in [5.74, 6) is 0. The molecule has 0 aliphatic rings. The van der Waals surface area contributed by atoms with Crippen LogP contribution in [0.25, 0.3) is 5.69 Å². The van der Waals surface area contributed by atoms with Crippen molar-refractivity contribution >= 4 is 17.3 Å². The third-order valence-corrected chi connectivity index (χ3v) is 2.90. The van der Waals surface area contributed by atoms with Gasteiger partial charge < -0.3 is 10.3 Å². The minimum absolute atomic E-state index is 0.771. The maximum absolute atomic E-state index is 6.07. The van der Waals surface area contributed by atoms with Crippen LogP contribution < -0.4 is 5.73 Å². The third kappa shape index (κ3) is 1.73. The summed E-state index contributed by atoms with van der Waals surface area (Å²) in [6.45, 7) is 4.04. The normalized spacial score (nSPS) is 10.6. The van der Waals surface area contributed by atoms with Crippen molar-refractivity contribution in [2.45, 2.75) is 13.8 Å². The van der Waals surface area contributed by atoms with Gasteiger partial charge in [-0.3, -0.25) is 0 Å². The van der Waals surface area contributed by atoms with Crippen LogP contribution >= 0.6 is 11.6 Å². The van der Waals surface area contributed by atoms with E-state index in [9.17, 15) is 0 Å². The lowest BCUT2D eigenvalue weighted by atomic mass is 10.2. The maximum Gasteiger partial charge on any atom is 0.0618 e. The summed E-state index contributed by atoms with van der Waals surface area (Å²) in [5.41, 5.74) is 9.69. The second kappa shape index (κ2) is 3.63. The van der Waals surface area contributed by atoms with Gasteiger partial charge in [0.15, 0.2) is 0 Å². The fourth-order valence-electron chi connectivity index (χ4n) is 1.74. The summed E-state index contributed by atoms with van der Waals surface area (Å²) in [6.07, 6.45) is 0. The van der Waals surface area contributed by atoms with Gasteiger partial charge in [-0.25, -0.2) is 0 Å². The Morgan fingerprint density at radius 3 is 2.20 bits per heavy atom. The molecule has 0 aliphatic heterocycles. The van der Waals surface area contributed by atoms with E-state index in [0.29, 0.717) is 0 Å². The molecule has 2 aromatic rings. The zero-order valence-corrected chi connectivity index (χ0v) is 9.55. The van der Waals surface area contributed by atoms with E-state index in [2.05, 4.69) is 4.57 Å². The molecule has 0 fully saturated rings. The highest BCUT2D eigenvalue weighted by Crippen LogP contribution is 2.24. The molecule has 0 bridgehead atoms. The number of benzene rings is 1. The van der Waals surface area contributed by atoms with Crippen molar-refractivity contribution in [2.75, 3.05) is 5.73 Å². The molecule has 0 atom stereocenters. The first kappa shape index (κ1) is 10.1. The van der Waals surface area contributed by atoms with Crippen molar-refractivity contribution < 1.29 is 0 Å². The van der Waals surface area contributed by atoms with Crippen molar-refractivity contribution in [3.05, 3.63) is 46.7 Å². The molecule has 0 saturated heterocycles. The van der Waals surface area contributed by atoms with Gasteiger partial charge in [0.2, 0.25) is 0 Å². The fourth-order valence-corrected chi connectivity index (χ4v) is 1.99. The summed E-state index contributed by atoms with van der Waals surface area (Å²) in [7, 11) is 0. The van der Waals surface area contributed by atoms with E-state index in [-0.39, 0.29) is 0 Å². The monoisotopic (exact) mass is 220 g/mol. The van der Waals surface area contributed by atoms with Crippen molar-refractivity contribution in [3.8, 4) is 5.69 Å². The Hall–Kier alpha value is -1.41. The molecule has 1 aromatic carbocycles. The molecule has 0 aliphatic carbocycles. The van der Waals surface area contributed by atoms with E-state index in [1.165, 1.54) is 0 Å². The minimum atomic E-state index is 0.771. The Labute approximate surface area is 94.3 Å². The number of nitrogens with zero attached hydrogens (tertiary/aromatic N) is 1. The number of aromatic nitrogens is 1. The molecule has 1 aromatic heterocycles. The average molecular weight is 221 g/mol. The second-order valence-electron chi connectivity index (χ2n) is 3.65. The molecule has 0 amide bonds. The smallest absolute Gasteiger partial charge is 0.0618 e. The number of anilines is 1. The second-order valence-corrected chi connectivity index (χ2v) is 4.05. The molecule has 0 saturated carbocycles. The topological polar surface area (TPSA) is 30.9 Å². The Morgan fingerprint density at radius 2 is 1.73 bits per heavy atom. The minimum Gasteiger partial charge on any atom is -0.399 e. The largest absolute Gasteiger partial charge is 0.399 e. The van der Waals surface area contributed by atoms with Crippen molar-refractivity contribution in [3.63, 3.8) is 0 Å². The standard InChI is InChI=1S/C12H13ClN2/c1-8-7-12(13)9(2)15(8)11-5-3-10(14)4-6-11/h3-7H,14H2,1-2H3. The van der Waals surface area contributed by atoms with E-state index in [1.807, 2.05) is 44.2 Å². The predicted octanol–water partition coefficient (Wildman–Crippen LogP) is 3.33. The molecule has 3 heteroatoms. The number of aryl methyl sites for hydroxylation is 1. The van der Waals surface area contributed by atoms with Crippen LogP contribution in [0.5, 0.6) is 0 Å². The lowest BCUT2D eigenvalue weighted by Gasteiger charge is -2.09. The quantitative estimate of drug-likeness (QED) is 0.735. The maximum atomic E-state index is 6.07. The van der Waals surface area contributed by atoms with Crippen LogP contribution in [-0.4, -0.2) is 4.57 Å². The summed E-state index contributed by atoms with van der Waals surface area (Å²) < 4.78 is 2.11. The Kier molecular flexibility index (Phi) is 2.45. The van der Waals surface area contributed by atoms with Crippen LogP contribution in [0.4, 0.5) is 5.69 Å². The number of hydrogen-bond acceptors (Lipinski definition) is 1. The van der Waals surface area contributed by atoms with Gasteiger partial charge in [-0.15, -0.1) is 0 Å². The number of halogens is 1. The van der Waals surface area contributed by atoms with Crippen molar-refractivity contribution in [1.82, 2.24) is 4.57 Å². The molecule has 2 nitrogen and oxygen atoms in total. The first-order chi connectivity index (χ1) is 7.09. The van der Waals surface area contributed by atoms with E-state index in [4.69, 9.17) is 17.3 Å². The number of hydrogen-bond donors (Lipinski definition) is 1. The van der Waals surface area contributed by atoms with E-state index in [1.54, 1.807) is 0 Å². The highest BCUT2D eigenvalue weighted by atomic mass is 35.5. The molecule has 0 spiro atoms. The molecule has 78 valence electrons. The van der Waals surface area contributed by atoms with Crippen molar-refractivity contribution in [2.24, 2.45) is 0 Å². The van der Waals surface area contributed by atoms with Gasteiger partial charge in [0.25, 0.3) is 0 Å². The fraction of sp³-hybridized carbons (Fsp3) is 0.167. The highest BCUT2D eigenvalue weighted by Gasteiger charge is 2.08. The van der Waals surface area contributed by atoms with Crippen molar-refractivity contribution in [1.29, 1.82) is 0 Å². The Morgan fingerprint density at radius 1 is 1.13 bits per heavy atom. The van der Waals surface area contributed by atoms with Gasteiger partial charge >= 0.3 is 0 Å². The molecular weight excluding hydrogens is 208 g/mol. The van der Waals surface area contributed by atoms with E-state index >= 15 is 0 Å². The third-order valence-electron chi connectivity index (χ3n) is 2.52. The van der Waals surface area contributed by atoms with Gasteiger partial charge in [-0.05, 0) is 44.2 Å². The van der Waals surface area contributed by atoms with Crippen LogP contribution in [0.1, 0.15) is 11.4 Å². The Balaban J connectivity index is 2.58. The highest BCUT2D eigenvalue weighted by molar-refractivity contribution is 6.31. The van der Waals surface area contributed by atoms with Crippen LogP contribution in [-0.2, 0) is 0 Å².